The minimum absolute atomic E-state index is 0.385. The summed E-state index contributed by atoms with van der Waals surface area (Å²) in [6.07, 6.45) is 1.76. The van der Waals surface area contributed by atoms with Crippen molar-refractivity contribution in [3.63, 3.8) is 0 Å². The molecule has 0 N–H and O–H groups in total. The van der Waals surface area contributed by atoms with Gasteiger partial charge in [-0.25, -0.2) is 15.0 Å². The van der Waals surface area contributed by atoms with Crippen LogP contribution in [0.5, 0.6) is 0 Å². The lowest BCUT2D eigenvalue weighted by Gasteiger charge is -2.17. The number of hydrogen-bond acceptors (Lipinski definition) is 8. The van der Waals surface area contributed by atoms with Crippen molar-refractivity contribution in [1.82, 2.24) is 24.5 Å². The normalized spacial score (nSPS) is 10.8. The van der Waals surface area contributed by atoms with Crippen molar-refractivity contribution in [2.45, 2.75) is 0 Å². The largest absolute Gasteiger partial charge is 0.308 e. The van der Waals surface area contributed by atoms with Crippen molar-refractivity contribution in [1.29, 1.82) is 21.0 Å². The zero-order valence-electron chi connectivity index (χ0n) is 33.3. The molecule has 63 heavy (non-hydrogen) atoms. The molecule has 0 saturated heterocycles. The number of pyridine rings is 1. The molecule has 3 aromatic heterocycles. The third-order valence-corrected chi connectivity index (χ3v) is 11.1. The number of rotatable bonds is 7. The molecule has 0 radical (unpaired) electrons. The molecule has 0 spiro atoms. The number of nitrogens with zero attached hydrogens (tertiary/aromatic N) is 9. The van der Waals surface area contributed by atoms with E-state index >= 15 is 0 Å². The van der Waals surface area contributed by atoms with E-state index in [1.54, 1.807) is 30.5 Å². The lowest BCUT2D eigenvalue weighted by atomic mass is 9.96. The summed E-state index contributed by atoms with van der Waals surface area (Å²) in [6, 6.07) is 63.0. The molecule has 0 bridgehead atoms. The Morgan fingerprint density at radius 3 is 1.38 bits per heavy atom. The Morgan fingerprint density at radius 1 is 0.381 bits per heavy atom. The van der Waals surface area contributed by atoms with Crippen LogP contribution in [-0.2, 0) is 0 Å². The molecule has 0 unspecified atom stereocenters. The molecule has 0 fully saturated rings. The first-order valence-corrected chi connectivity index (χ1v) is 19.9. The number of hydrogen-bond donors (Lipinski definition) is 0. The van der Waals surface area contributed by atoms with Gasteiger partial charge in [-0.3, -0.25) is 4.98 Å². The Kier molecular flexibility index (Phi) is 9.52. The van der Waals surface area contributed by atoms with Gasteiger partial charge in [0, 0.05) is 39.2 Å². The zero-order valence-corrected chi connectivity index (χ0v) is 33.3. The smallest absolute Gasteiger partial charge is 0.166 e. The van der Waals surface area contributed by atoms with E-state index in [4.69, 9.17) is 19.9 Å². The Morgan fingerprint density at radius 2 is 0.889 bits per heavy atom. The first-order chi connectivity index (χ1) is 31.0. The Hall–Kier alpha value is -9.54. The van der Waals surface area contributed by atoms with Crippen molar-refractivity contribution in [3.8, 4) is 97.6 Å². The van der Waals surface area contributed by atoms with Gasteiger partial charge >= 0.3 is 0 Å². The molecule has 9 heteroatoms. The lowest BCUT2D eigenvalue weighted by Crippen LogP contribution is -2.04. The van der Waals surface area contributed by atoms with Gasteiger partial charge in [0.15, 0.2) is 17.5 Å². The third kappa shape index (κ3) is 6.87. The van der Waals surface area contributed by atoms with E-state index in [2.05, 4.69) is 65.2 Å². The molecule has 9 nitrogen and oxygen atoms in total. The molecule has 0 aliphatic heterocycles. The molecule has 0 amide bonds. The molecule has 0 aliphatic carbocycles. The van der Waals surface area contributed by atoms with Crippen molar-refractivity contribution in [2.24, 2.45) is 0 Å². The Labute approximate surface area is 362 Å². The summed E-state index contributed by atoms with van der Waals surface area (Å²) < 4.78 is 2.18. The maximum atomic E-state index is 10.2. The van der Waals surface area contributed by atoms with Gasteiger partial charge in [0.1, 0.15) is 0 Å². The fourth-order valence-corrected chi connectivity index (χ4v) is 8.06. The lowest BCUT2D eigenvalue weighted by molar-refractivity contribution is 1.06. The molecule has 0 saturated carbocycles. The summed E-state index contributed by atoms with van der Waals surface area (Å²) in [6.45, 7) is 0. The van der Waals surface area contributed by atoms with E-state index in [9.17, 15) is 21.0 Å². The second-order valence-electron chi connectivity index (χ2n) is 14.8. The average molecular weight is 804 g/mol. The molecule has 0 aliphatic rings. The summed E-state index contributed by atoms with van der Waals surface area (Å²) in [4.78, 5) is 20.1. The molecular weight excluding hydrogens is 775 g/mol. The summed E-state index contributed by atoms with van der Waals surface area (Å²) in [7, 11) is 0. The standard InChI is InChI=1S/C54H29N9/c55-30-34-14-19-43(41(25-34)32-57)38-16-21-45-46-22-17-39(44-20-15-35(31-56)26-42(44)33-58)29-51(46)63(50(45)28-38)49-23-18-40(48-13-7-8-24-59-48)27-47(49)54-61-52(36-9-3-1-4-10-36)60-53(62-54)37-11-5-2-6-12-37/h1-29H. The van der Waals surface area contributed by atoms with Crippen LogP contribution in [0.2, 0.25) is 0 Å². The van der Waals surface area contributed by atoms with Gasteiger partial charge in [0.2, 0.25) is 0 Å². The van der Waals surface area contributed by atoms with E-state index in [1.165, 1.54) is 0 Å². The van der Waals surface area contributed by atoms with E-state index in [-0.39, 0.29) is 0 Å². The van der Waals surface area contributed by atoms with Crippen molar-refractivity contribution in [2.75, 3.05) is 0 Å². The fraction of sp³-hybridized carbons (Fsp3) is 0. The maximum Gasteiger partial charge on any atom is 0.166 e. The van der Waals surface area contributed by atoms with Gasteiger partial charge in [-0.05, 0) is 82.9 Å². The van der Waals surface area contributed by atoms with Crippen molar-refractivity contribution < 1.29 is 0 Å². The number of benzene rings is 7. The second-order valence-corrected chi connectivity index (χ2v) is 14.8. The van der Waals surface area contributed by atoms with Crippen LogP contribution in [0.4, 0.5) is 0 Å². The molecule has 3 heterocycles. The van der Waals surface area contributed by atoms with Crippen LogP contribution >= 0.6 is 0 Å². The predicted molar refractivity (Wildman–Crippen MR) is 243 cm³/mol. The highest BCUT2D eigenvalue weighted by Crippen LogP contribution is 2.41. The first kappa shape index (κ1) is 37.7. The molecule has 290 valence electrons. The van der Waals surface area contributed by atoms with Crippen LogP contribution < -0.4 is 0 Å². The summed E-state index contributed by atoms with van der Waals surface area (Å²) in [5.41, 5.74) is 10.9. The zero-order chi connectivity index (χ0) is 42.9. The van der Waals surface area contributed by atoms with Crippen LogP contribution in [0.15, 0.2) is 176 Å². The van der Waals surface area contributed by atoms with E-state index in [1.807, 2.05) is 109 Å². The monoisotopic (exact) mass is 803 g/mol. The first-order valence-electron chi connectivity index (χ1n) is 19.9. The topological polar surface area (TPSA) is 152 Å². The minimum atomic E-state index is 0.385. The van der Waals surface area contributed by atoms with Crippen LogP contribution in [-0.4, -0.2) is 24.5 Å². The molecular formula is C54H29N9. The molecule has 10 rings (SSSR count). The third-order valence-electron chi connectivity index (χ3n) is 11.1. The molecule has 0 atom stereocenters. The minimum Gasteiger partial charge on any atom is -0.308 e. The van der Waals surface area contributed by atoms with Gasteiger partial charge in [-0.2, -0.15) is 21.0 Å². The van der Waals surface area contributed by atoms with Crippen LogP contribution in [0.3, 0.4) is 0 Å². The van der Waals surface area contributed by atoms with E-state index in [0.717, 1.165) is 61.0 Å². The highest BCUT2D eigenvalue weighted by molar-refractivity contribution is 6.12. The van der Waals surface area contributed by atoms with Crippen LogP contribution in [0, 0.1) is 45.3 Å². The van der Waals surface area contributed by atoms with E-state index in [0.29, 0.717) is 56.4 Å². The second kappa shape index (κ2) is 15.9. The summed E-state index contributed by atoms with van der Waals surface area (Å²) in [5.74, 6) is 1.46. The van der Waals surface area contributed by atoms with Gasteiger partial charge in [-0.1, -0.05) is 109 Å². The van der Waals surface area contributed by atoms with Gasteiger partial charge < -0.3 is 4.57 Å². The summed E-state index contributed by atoms with van der Waals surface area (Å²) in [5, 5.41) is 41.6. The van der Waals surface area contributed by atoms with Crippen molar-refractivity contribution in [3.05, 3.63) is 198 Å². The van der Waals surface area contributed by atoms with Crippen LogP contribution in [0.25, 0.3) is 95.2 Å². The Bertz CT molecular complexity index is 3420. The quantitative estimate of drug-likeness (QED) is 0.154. The maximum absolute atomic E-state index is 10.2. The van der Waals surface area contributed by atoms with Crippen LogP contribution in [0.1, 0.15) is 22.3 Å². The fourth-order valence-electron chi connectivity index (χ4n) is 8.06. The predicted octanol–water partition coefficient (Wildman–Crippen LogP) is 11.9. The SMILES string of the molecule is N#Cc1ccc(-c2ccc3c4ccc(-c5ccc(C#N)cc5C#N)cc4n(-c4ccc(-c5ccccn5)cc4-c4nc(-c5ccccc5)nc(-c5ccccc5)n4)c3c2)c(C#N)c1. The van der Waals surface area contributed by atoms with Gasteiger partial charge in [0.25, 0.3) is 0 Å². The Balaban J connectivity index is 1.31. The highest BCUT2D eigenvalue weighted by Gasteiger charge is 2.22. The molecule has 7 aromatic carbocycles. The number of aromatic nitrogens is 5. The van der Waals surface area contributed by atoms with Gasteiger partial charge in [0.05, 0.1) is 68.9 Å². The highest BCUT2D eigenvalue weighted by atomic mass is 15.1. The number of fused-ring (bicyclic) bond motifs is 3. The average Bonchev–Trinajstić information content (AvgIpc) is 3.69. The molecule has 10 aromatic rings. The summed E-state index contributed by atoms with van der Waals surface area (Å²) >= 11 is 0. The van der Waals surface area contributed by atoms with E-state index < -0.39 is 0 Å². The van der Waals surface area contributed by atoms with Crippen molar-refractivity contribution >= 4 is 21.8 Å². The van der Waals surface area contributed by atoms with Gasteiger partial charge in [-0.15, -0.1) is 0 Å². The number of nitriles is 4.